The normalized spacial score (nSPS) is 30.0. The molecule has 176 valence electrons. The van der Waals surface area contributed by atoms with E-state index in [1.807, 2.05) is 37.3 Å². The van der Waals surface area contributed by atoms with Gasteiger partial charge in [0.25, 0.3) is 0 Å². The van der Waals surface area contributed by atoms with Crippen molar-refractivity contribution in [2.45, 2.75) is 55.9 Å². The summed E-state index contributed by atoms with van der Waals surface area (Å²) in [4.78, 5) is 18.8. The zero-order valence-electron chi connectivity index (χ0n) is 18.6. The number of rotatable bonds is 8. The van der Waals surface area contributed by atoms with Crippen molar-refractivity contribution in [2.75, 3.05) is 12.4 Å². The Labute approximate surface area is 194 Å². The molecule has 4 atom stereocenters. The first-order chi connectivity index (χ1) is 15.1. The number of hydrogen-bond acceptors (Lipinski definition) is 4. The van der Waals surface area contributed by atoms with E-state index in [1.54, 1.807) is 0 Å². The van der Waals surface area contributed by atoms with Gasteiger partial charge in [-0.05, 0) is 85.8 Å². The van der Waals surface area contributed by atoms with Crippen molar-refractivity contribution in [1.82, 2.24) is 0 Å². The Morgan fingerprint density at radius 2 is 2.06 bits per heavy atom. The number of phosphoric ester groups is 1. The Morgan fingerprint density at radius 1 is 1.34 bits per heavy atom. The summed E-state index contributed by atoms with van der Waals surface area (Å²) in [5, 5.41) is 0. The van der Waals surface area contributed by atoms with E-state index in [1.165, 1.54) is 11.1 Å². The van der Waals surface area contributed by atoms with Gasteiger partial charge < -0.3 is 20.1 Å². The van der Waals surface area contributed by atoms with Crippen LogP contribution in [0.25, 0.3) is 0 Å². The van der Waals surface area contributed by atoms with Crippen LogP contribution in [0.1, 0.15) is 45.4 Å². The highest BCUT2D eigenvalue weighted by molar-refractivity contribution is 7.91. The van der Waals surface area contributed by atoms with Crippen LogP contribution in [0.2, 0.25) is 0 Å². The Balaban J connectivity index is 1.57. The molecular weight excluding hydrogens is 445 g/mol. The maximum absolute atomic E-state index is 12.7. The zero-order chi connectivity index (χ0) is 23.4. The molecule has 1 unspecified atom stereocenters. The Morgan fingerprint density at radius 3 is 2.72 bits per heavy atom. The molecule has 1 aromatic carbocycles. The quantitative estimate of drug-likeness (QED) is 0.370. The Kier molecular flexibility index (Phi) is 8.61. The molecule has 8 heteroatoms. The van der Waals surface area contributed by atoms with E-state index < -0.39 is 24.5 Å². The van der Waals surface area contributed by atoms with Crippen molar-refractivity contribution < 1.29 is 23.4 Å². The van der Waals surface area contributed by atoms with Crippen LogP contribution in [-0.2, 0) is 20.3 Å². The van der Waals surface area contributed by atoms with Crippen molar-refractivity contribution >= 4 is 19.0 Å². The first-order valence-electron chi connectivity index (χ1n) is 11.1. The molecule has 0 aliphatic heterocycles. The van der Waals surface area contributed by atoms with Gasteiger partial charge in [-0.3, -0.25) is 4.52 Å². The second kappa shape index (κ2) is 10.8. The fraction of sp³-hybridized carbons (Fsp3) is 0.500. The lowest BCUT2D eigenvalue weighted by Crippen LogP contribution is -2.41. The fourth-order valence-electron chi connectivity index (χ4n) is 4.72. The largest absolute Gasteiger partial charge is 0.611 e. The molecule has 0 radical (unpaired) electrons. The molecule has 0 bridgehead atoms. The third kappa shape index (κ3) is 7.16. The molecule has 2 aliphatic rings. The zero-order valence-corrected chi connectivity index (χ0v) is 20.3. The van der Waals surface area contributed by atoms with Crippen molar-refractivity contribution in [3.63, 3.8) is 0 Å². The van der Waals surface area contributed by atoms with Gasteiger partial charge in [-0.15, -0.1) is 0 Å². The number of benzene rings is 1. The van der Waals surface area contributed by atoms with Gasteiger partial charge in [-0.25, -0.2) is 4.57 Å². The van der Waals surface area contributed by atoms with Crippen molar-refractivity contribution in [2.24, 2.45) is 17.6 Å². The van der Waals surface area contributed by atoms with Crippen LogP contribution in [0.15, 0.2) is 70.7 Å². The van der Waals surface area contributed by atoms with E-state index >= 15 is 0 Å². The summed E-state index contributed by atoms with van der Waals surface area (Å²) in [6.07, 6.45) is 9.21. The highest BCUT2D eigenvalue weighted by Gasteiger charge is 2.38. The van der Waals surface area contributed by atoms with E-state index in [4.69, 9.17) is 15.5 Å². The highest BCUT2D eigenvalue weighted by Crippen LogP contribution is 2.43. The highest BCUT2D eigenvalue weighted by atomic mass is 32.2. The first kappa shape index (κ1) is 25.4. The lowest BCUT2D eigenvalue weighted by molar-refractivity contribution is 0.152. The first-order valence-corrected chi connectivity index (χ1v) is 13.9. The van der Waals surface area contributed by atoms with Crippen LogP contribution in [-0.4, -0.2) is 32.2 Å². The van der Waals surface area contributed by atoms with Crippen LogP contribution in [0.3, 0.4) is 0 Å². The van der Waals surface area contributed by atoms with Gasteiger partial charge >= 0.3 is 7.82 Å². The number of nitrogens with two attached hydrogens (primary N) is 1. The summed E-state index contributed by atoms with van der Waals surface area (Å²) >= 11 is -0.985. The molecule has 0 aromatic heterocycles. The summed E-state index contributed by atoms with van der Waals surface area (Å²) in [5.74, 6) is 1.24. The van der Waals surface area contributed by atoms with E-state index in [0.29, 0.717) is 24.5 Å². The second-order valence-electron chi connectivity index (χ2n) is 9.06. The van der Waals surface area contributed by atoms with Crippen LogP contribution >= 0.6 is 7.82 Å². The van der Waals surface area contributed by atoms with E-state index in [9.17, 15) is 9.12 Å². The topological polar surface area (TPSA) is 116 Å². The van der Waals surface area contributed by atoms with Crippen LogP contribution in [0.4, 0.5) is 0 Å². The predicted molar refractivity (Wildman–Crippen MR) is 128 cm³/mol. The minimum atomic E-state index is -4.53. The molecule has 32 heavy (non-hydrogen) atoms. The van der Waals surface area contributed by atoms with Crippen molar-refractivity contribution in [3.8, 4) is 0 Å². The van der Waals surface area contributed by atoms with Crippen LogP contribution in [0.5, 0.6) is 0 Å². The Hall–Kier alpha value is -1.18. The van der Waals surface area contributed by atoms with Gasteiger partial charge in [-0.1, -0.05) is 42.5 Å². The summed E-state index contributed by atoms with van der Waals surface area (Å²) < 4.78 is 28.4. The van der Waals surface area contributed by atoms with E-state index in [2.05, 4.69) is 23.3 Å². The molecule has 2 saturated carbocycles. The van der Waals surface area contributed by atoms with Gasteiger partial charge in [-0.2, -0.15) is 0 Å². The lowest BCUT2D eigenvalue weighted by Gasteiger charge is -2.28. The molecule has 0 heterocycles. The number of hydrogen-bond donors (Lipinski definition) is 3. The number of phosphoric acid groups is 1. The van der Waals surface area contributed by atoms with Crippen molar-refractivity contribution in [1.29, 1.82) is 0 Å². The molecule has 0 spiro atoms. The third-order valence-electron chi connectivity index (χ3n) is 6.53. The summed E-state index contributed by atoms with van der Waals surface area (Å²) in [5.41, 5.74) is 9.16. The van der Waals surface area contributed by atoms with Crippen LogP contribution < -0.4 is 5.73 Å². The standard InChI is InChI=1S/C24H34NO5PS/c1-3-20-14-19(16-32(29)23-7-5-4-6-8-23)9-10-21(20)13-18(2)22-11-12-24(25,15-22)17-30-31(26,27)28/h3-8,13,19,22H,2,9-12,14-17,25H2,1H3,(H2,26,27,28)/b20-3-,21-13-/t19-,22-,24+,32?/m0/s1. The van der Waals surface area contributed by atoms with Crippen LogP contribution in [0, 0.1) is 11.8 Å². The van der Waals surface area contributed by atoms with Gasteiger partial charge in [0.1, 0.15) is 5.75 Å². The van der Waals surface area contributed by atoms with Gasteiger partial charge in [0.05, 0.1) is 6.61 Å². The maximum atomic E-state index is 12.7. The molecule has 0 amide bonds. The minimum absolute atomic E-state index is 0.155. The van der Waals surface area contributed by atoms with E-state index in [-0.39, 0.29) is 12.5 Å². The molecule has 3 rings (SSSR count). The lowest BCUT2D eigenvalue weighted by atomic mass is 9.81. The smallest absolute Gasteiger partial charge is 0.469 e. The average molecular weight is 480 g/mol. The third-order valence-corrected chi connectivity index (χ3v) is 8.57. The average Bonchev–Trinajstić information content (AvgIpc) is 3.16. The Bertz CT molecular complexity index is 912. The molecule has 2 fully saturated rings. The van der Waals surface area contributed by atoms with Gasteiger partial charge in [0, 0.05) is 11.5 Å². The number of allylic oxidation sites excluding steroid dienone is 5. The monoisotopic (exact) mass is 479 g/mol. The maximum Gasteiger partial charge on any atom is 0.469 e. The fourth-order valence-corrected chi connectivity index (χ4v) is 6.51. The molecule has 0 saturated heterocycles. The molecule has 4 N–H and O–H groups in total. The summed E-state index contributed by atoms with van der Waals surface area (Å²) in [6.45, 7) is 6.17. The predicted octanol–water partition coefficient (Wildman–Crippen LogP) is 4.63. The summed E-state index contributed by atoms with van der Waals surface area (Å²) in [7, 11) is -4.53. The molecule has 2 aliphatic carbocycles. The van der Waals surface area contributed by atoms with Gasteiger partial charge in [0.15, 0.2) is 4.90 Å². The second-order valence-corrected chi connectivity index (χ2v) is 11.8. The molecular formula is C24H34NO5PS. The van der Waals surface area contributed by atoms with Crippen molar-refractivity contribution in [3.05, 3.63) is 65.8 Å². The molecule has 1 aromatic rings. The SMILES string of the molecule is C=C(/C=C1/CC[C@H](C[S+]([O-])c2ccccc2)C/C1=C/C)[C@H]1CC[C@](N)(COP(=O)(O)O)C1. The van der Waals surface area contributed by atoms with E-state index in [0.717, 1.165) is 36.2 Å². The van der Waals surface area contributed by atoms with Gasteiger partial charge in [0.2, 0.25) is 0 Å². The molecule has 6 nitrogen and oxygen atoms in total. The summed E-state index contributed by atoms with van der Waals surface area (Å²) in [6, 6.07) is 9.64. The minimum Gasteiger partial charge on any atom is -0.611 e.